The summed E-state index contributed by atoms with van der Waals surface area (Å²) in [6, 6.07) is -2.76. The van der Waals surface area contributed by atoms with Crippen molar-refractivity contribution in [3.63, 3.8) is 0 Å². The molecule has 3 nitrogen and oxygen atoms in total. The molecular weight excluding hydrogens is 469 g/mol. The van der Waals surface area contributed by atoms with E-state index in [0.717, 1.165) is 0 Å². The molecule has 0 spiro atoms. The molecule has 0 fully saturated rings. The summed E-state index contributed by atoms with van der Waals surface area (Å²) in [6.07, 6.45) is -5.82. The summed E-state index contributed by atoms with van der Waals surface area (Å²) in [4.78, 5) is 0. The molecule has 0 amide bonds. The number of rotatable bonds is 5. The molecule has 1 aromatic carbocycles. The van der Waals surface area contributed by atoms with Crippen molar-refractivity contribution in [2.75, 3.05) is 7.11 Å². The highest BCUT2D eigenvalue weighted by Crippen LogP contribution is 2.45. The lowest BCUT2D eigenvalue weighted by Crippen LogP contribution is -2.58. The highest BCUT2D eigenvalue weighted by atomic mass is 79.9. The zero-order valence-corrected chi connectivity index (χ0v) is 14.2. The lowest BCUT2D eigenvalue weighted by Gasteiger charge is -2.27. The van der Waals surface area contributed by atoms with E-state index in [0.29, 0.717) is 20.6 Å². The molecule has 0 aliphatic rings. The summed E-state index contributed by atoms with van der Waals surface area (Å²) in [7, 11) is 1.24. The minimum absolute atomic E-state index is 0.0485. The van der Waals surface area contributed by atoms with Gasteiger partial charge >= 0.3 is 18.1 Å². The second-order valence-electron chi connectivity index (χ2n) is 4.03. The first-order chi connectivity index (χ1) is 10.3. The van der Waals surface area contributed by atoms with Crippen molar-refractivity contribution in [2.24, 2.45) is 5.10 Å². The van der Waals surface area contributed by atoms with Crippen LogP contribution in [0.1, 0.15) is 5.56 Å². The van der Waals surface area contributed by atoms with E-state index in [1.807, 2.05) is 0 Å². The van der Waals surface area contributed by atoms with Crippen LogP contribution in [0, 0.1) is 0 Å². The Morgan fingerprint density at radius 2 is 1.65 bits per heavy atom. The monoisotopic (exact) mass is 474 g/mol. The van der Waals surface area contributed by atoms with Gasteiger partial charge in [0, 0.05) is 10.0 Å². The molecule has 0 aromatic heterocycles. The SMILES string of the molecule is COc1c(Br)cc(Br)cc1/C=N\NC(F)(F)C(F)(F)C(F)(F)F. The number of nitrogens with one attached hydrogen (secondary N) is 1. The zero-order valence-electron chi connectivity index (χ0n) is 11.0. The highest BCUT2D eigenvalue weighted by molar-refractivity contribution is 9.11. The second kappa shape index (κ2) is 6.83. The van der Waals surface area contributed by atoms with Crippen LogP contribution in [0.15, 0.2) is 26.2 Å². The van der Waals surface area contributed by atoms with Gasteiger partial charge in [-0.05, 0) is 28.1 Å². The van der Waals surface area contributed by atoms with Crippen molar-refractivity contribution in [3.8, 4) is 5.75 Å². The fourth-order valence-electron chi connectivity index (χ4n) is 1.32. The Hall–Kier alpha value is -1.04. The van der Waals surface area contributed by atoms with Gasteiger partial charge in [-0.15, -0.1) is 0 Å². The molecule has 12 heteroatoms. The number of ether oxygens (including phenoxy) is 1. The molecule has 0 saturated heterocycles. The molecule has 23 heavy (non-hydrogen) atoms. The Kier molecular flexibility index (Phi) is 5.94. The van der Waals surface area contributed by atoms with Gasteiger partial charge in [-0.2, -0.15) is 35.8 Å². The standard InChI is InChI=1S/C11H7Br2F7N2O/c1-23-8-5(2-6(12)3-7(8)13)4-21-22-11(19,20)9(14,15)10(16,17)18/h2-4,22H,1H3/b21-4-. The second-order valence-corrected chi connectivity index (χ2v) is 5.80. The van der Waals surface area contributed by atoms with Gasteiger partial charge in [-0.25, -0.2) is 5.43 Å². The summed E-state index contributed by atoms with van der Waals surface area (Å²) in [5.74, 6) is -6.18. The van der Waals surface area contributed by atoms with Gasteiger partial charge in [-0.1, -0.05) is 15.9 Å². The fourth-order valence-corrected chi connectivity index (χ4v) is 2.74. The van der Waals surface area contributed by atoms with Crippen molar-refractivity contribution < 1.29 is 35.5 Å². The van der Waals surface area contributed by atoms with E-state index in [1.165, 1.54) is 19.2 Å². The van der Waals surface area contributed by atoms with Crippen LogP contribution in [0.2, 0.25) is 0 Å². The van der Waals surface area contributed by atoms with Gasteiger partial charge in [-0.3, -0.25) is 0 Å². The molecule has 1 N–H and O–H groups in total. The quantitative estimate of drug-likeness (QED) is 0.283. The molecule has 130 valence electrons. The van der Waals surface area contributed by atoms with E-state index in [-0.39, 0.29) is 11.3 Å². The third-order valence-electron chi connectivity index (χ3n) is 2.40. The Balaban J connectivity index is 3.04. The van der Waals surface area contributed by atoms with Gasteiger partial charge in [0.2, 0.25) is 0 Å². The van der Waals surface area contributed by atoms with E-state index in [2.05, 4.69) is 37.0 Å². The predicted octanol–water partition coefficient (Wildman–Crippen LogP) is 4.93. The smallest absolute Gasteiger partial charge is 0.462 e. The number of halogens is 9. The normalized spacial score (nSPS) is 13.5. The minimum Gasteiger partial charge on any atom is -0.495 e. The number of nitrogens with zero attached hydrogens (tertiary/aromatic N) is 1. The lowest BCUT2D eigenvalue weighted by molar-refractivity contribution is -0.361. The van der Waals surface area contributed by atoms with E-state index in [1.54, 1.807) is 0 Å². The molecule has 0 atom stereocenters. The van der Waals surface area contributed by atoms with Crippen LogP contribution in [0.5, 0.6) is 5.75 Å². The minimum atomic E-state index is -6.44. The number of methoxy groups -OCH3 is 1. The van der Waals surface area contributed by atoms with Gasteiger partial charge in [0.15, 0.2) is 0 Å². The first kappa shape index (κ1) is 20.0. The summed E-state index contributed by atoms with van der Waals surface area (Å²) in [6.45, 7) is 0. The fraction of sp³-hybridized carbons (Fsp3) is 0.364. The molecule has 0 aliphatic heterocycles. The number of hydrogen-bond donors (Lipinski definition) is 1. The maximum Gasteiger partial charge on any atom is 0.462 e. The summed E-state index contributed by atoms with van der Waals surface area (Å²) in [5, 5.41) is 2.76. The summed E-state index contributed by atoms with van der Waals surface area (Å²) < 4.78 is 92.9. The van der Waals surface area contributed by atoms with E-state index < -0.39 is 18.1 Å². The molecule has 0 radical (unpaired) electrons. The molecule has 0 bridgehead atoms. The number of alkyl halides is 7. The largest absolute Gasteiger partial charge is 0.495 e. The lowest BCUT2D eigenvalue weighted by atomic mass is 10.2. The van der Waals surface area contributed by atoms with Crippen LogP contribution < -0.4 is 10.2 Å². The van der Waals surface area contributed by atoms with Gasteiger partial charge in [0.05, 0.1) is 17.8 Å². The van der Waals surface area contributed by atoms with E-state index >= 15 is 0 Å². The Labute approximate surface area is 142 Å². The topological polar surface area (TPSA) is 33.6 Å². The van der Waals surface area contributed by atoms with E-state index in [9.17, 15) is 30.7 Å². The third-order valence-corrected chi connectivity index (χ3v) is 3.45. The number of benzene rings is 1. The van der Waals surface area contributed by atoms with Crippen molar-refractivity contribution in [2.45, 2.75) is 18.1 Å². The summed E-state index contributed by atoms with van der Waals surface area (Å²) >= 11 is 6.17. The van der Waals surface area contributed by atoms with E-state index in [4.69, 9.17) is 4.74 Å². The predicted molar refractivity (Wildman–Crippen MR) is 75.1 cm³/mol. The average Bonchev–Trinajstić information content (AvgIpc) is 2.36. The van der Waals surface area contributed by atoms with Crippen LogP contribution in [0.3, 0.4) is 0 Å². The number of hydrogen-bond acceptors (Lipinski definition) is 3. The van der Waals surface area contributed by atoms with Gasteiger partial charge in [0.1, 0.15) is 5.75 Å². The number of hydrazone groups is 1. The first-order valence-electron chi connectivity index (χ1n) is 5.49. The molecule has 1 aromatic rings. The van der Waals surface area contributed by atoms with Crippen molar-refractivity contribution in [3.05, 3.63) is 26.6 Å². The summed E-state index contributed by atoms with van der Waals surface area (Å²) in [5.41, 5.74) is 0.573. The molecule has 1 rings (SSSR count). The van der Waals surface area contributed by atoms with Crippen molar-refractivity contribution in [1.82, 2.24) is 5.43 Å². The highest BCUT2D eigenvalue weighted by Gasteiger charge is 2.73. The first-order valence-corrected chi connectivity index (χ1v) is 7.07. The van der Waals surface area contributed by atoms with Crippen molar-refractivity contribution in [1.29, 1.82) is 0 Å². The van der Waals surface area contributed by atoms with Crippen LogP contribution in [-0.2, 0) is 0 Å². The van der Waals surface area contributed by atoms with Crippen LogP contribution in [0.25, 0.3) is 0 Å². The molecular formula is C11H7Br2F7N2O. The molecule has 0 heterocycles. The average molecular weight is 476 g/mol. The Bertz CT molecular complexity index is 605. The molecule has 0 unspecified atom stereocenters. The van der Waals surface area contributed by atoms with Gasteiger partial charge < -0.3 is 4.74 Å². The zero-order chi connectivity index (χ0) is 18.1. The van der Waals surface area contributed by atoms with Gasteiger partial charge in [0.25, 0.3) is 0 Å². The van der Waals surface area contributed by atoms with Crippen LogP contribution >= 0.6 is 31.9 Å². The van der Waals surface area contributed by atoms with Crippen LogP contribution in [-0.4, -0.2) is 31.5 Å². The Morgan fingerprint density at radius 3 is 2.13 bits per heavy atom. The van der Waals surface area contributed by atoms with Crippen LogP contribution in [0.4, 0.5) is 30.7 Å². The van der Waals surface area contributed by atoms with Crippen molar-refractivity contribution >= 4 is 38.1 Å². The molecule has 0 aliphatic carbocycles. The Morgan fingerprint density at radius 1 is 1.09 bits per heavy atom. The third kappa shape index (κ3) is 4.28. The maximum absolute atomic E-state index is 13.0. The maximum atomic E-state index is 13.0. The molecule has 0 saturated carbocycles.